The van der Waals surface area contributed by atoms with Gasteiger partial charge in [0.2, 0.25) is 0 Å². The largest absolute Gasteiger partial charge is 0.245 e. The van der Waals surface area contributed by atoms with Crippen LogP contribution in [0.15, 0.2) is 47.8 Å². The average Bonchev–Trinajstić information content (AvgIpc) is 2.30. The van der Waals surface area contributed by atoms with E-state index in [-0.39, 0.29) is 5.82 Å². The van der Waals surface area contributed by atoms with Gasteiger partial charge in [-0.1, -0.05) is 0 Å². The van der Waals surface area contributed by atoms with Crippen LogP contribution >= 0.6 is 11.8 Å². The molecule has 0 bridgehead atoms. The summed E-state index contributed by atoms with van der Waals surface area (Å²) in [4.78, 5) is 8.98. The van der Waals surface area contributed by atoms with Crippen LogP contribution in [0.3, 0.4) is 0 Å². The molecule has 0 aliphatic heterocycles. The minimum Gasteiger partial charge on any atom is -0.245 e. The van der Waals surface area contributed by atoms with E-state index in [1.54, 1.807) is 30.1 Å². The summed E-state index contributed by atoms with van der Waals surface area (Å²) in [6, 6.07) is 8.32. The summed E-state index contributed by atoms with van der Waals surface area (Å²) in [6.45, 7) is 0. The Labute approximate surface area is 91.6 Å². The smallest absolute Gasteiger partial charge is 0.123 e. The van der Waals surface area contributed by atoms with Gasteiger partial charge in [-0.05, 0) is 30.3 Å². The highest BCUT2D eigenvalue weighted by Crippen LogP contribution is 2.21. The zero-order valence-electron chi connectivity index (χ0n) is 7.93. The summed E-state index contributed by atoms with van der Waals surface area (Å²) in [5, 5.41) is 0. The second kappa shape index (κ2) is 4.89. The average molecular weight is 220 g/mol. The van der Waals surface area contributed by atoms with E-state index < -0.39 is 0 Å². The lowest BCUT2D eigenvalue weighted by molar-refractivity contribution is 0.626. The van der Waals surface area contributed by atoms with E-state index in [1.807, 2.05) is 6.07 Å². The molecule has 0 saturated carbocycles. The second-order valence-electron chi connectivity index (χ2n) is 2.94. The third kappa shape index (κ3) is 3.02. The van der Waals surface area contributed by atoms with Crippen LogP contribution in [0.2, 0.25) is 0 Å². The highest BCUT2D eigenvalue weighted by molar-refractivity contribution is 7.98. The van der Waals surface area contributed by atoms with E-state index in [0.29, 0.717) is 0 Å². The van der Waals surface area contributed by atoms with Crippen molar-refractivity contribution in [2.75, 3.05) is 0 Å². The standard InChI is InChI=1S/C11H9FN2S/c12-9-1-3-11(4-2-9)15-7-10-5-6-13-8-14-10/h1-6,8H,7H2. The minimum atomic E-state index is -0.207. The number of rotatable bonds is 3. The summed E-state index contributed by atoms with van der Waals surface area (Å²) in [7, 11) is 0. The lowest BCUT2D eigenvalue weighted by atomic mass is 10.4. The summed E-state index contributed by atoms with van der Waals surface area (Å²) in [5.41, 5.74) is 0.972. The molecule has 0 N–H and O–H groups in total. The third-order valence-corrected chi connectivity index (χ3v) is 2.89. The molecule has 0 atom stereocenters. The van der Waals surface area contributed by atoms with Crippen LogP contribution in [-0.4, -0.2) is 9.97 Å². The molecule has 0 aliphatic rings. The molecular formula is C11H9FN2S. The molecule has 1 heterocycles. The third-order valence-electron chi connectivity index (χ3n) is 1.84. The van der Waals surface area contributed by atoms with Crippen LogP contribution in [0.25, 0.3) is 0 Å². The summed E-state index contributed by atoms with van der Waals surface area (Å²) in [5.74, 6) is 0.565. The van der Waals surface area contributed by atoms with Gasteiger partial charge < -0.3 is 0 Å². The van der Waals surface area contributed by atoms with E-state index >= 15 is 0 Å². The number of nitrogens with zero attached hydrogens (tertiary/aromatic N) is 2. The maximum atomic E-state index is 12.6. The number of hydrogen-bond donors (Lipinski definition) is 0. The number of benzene rings is 1. The maximum Gasteiger partial charge on any atom is 0.123 e. The maximum absolute atomic E-state index is 12.6. The van der Waals surface area contributed by atoms with Gasteiger partial charge in [-0.25, -0.2) is 14.4 Å². The lowest BCUT2D eigenvalue weighted by Gasteiger charge is -2.00. The monoisotopic (exact) mass is 220 g/mol. The first-order valence-electron chi connectivity index (χ1n) is 4.48. The first kappa shape index (κ1) is 10.1. The molecule has 2 rings (SSSR count). The first-order valence-corrected chi connectivity index (χ1v) is 5.46. The number of aromatic nitrogens is 2. The van der Waals surface area contributed by atoms with Gasteiger partial charge >= 0.3 is 0 Å². The van der Waals surface area contributed by atoms with E-state index in [2.05, 4.69) is 9.97 Å². The van der Waals surface area contributed by atoms with Crippen molar-refractivity contribution in [1.29, 1.82) is 0 Å². The van der Waals surface area contributed by atoms with Crippen LogP contribution in [0.4, 0.5) is 4.39 Å². The van der Waals surface area contributed by atoms with Crippen molar-refractivity contribution in [3.05, 3.63) is 54.4 Å². The fourth-order valence-electron chi connectivity index (χ4n) is 1.09. The highest BCUT2D eigenvalue weighted by atomic mass is 32.2. The Morgan fingerprint density at radius 1 is 1.13 bits per heavy atom. The number of hydrogen-bond acceptors (Lipinski definition) is 3. The Morgan fingerprint density at radius 2 is 1.93 bits per heavy atom. The Morgan fingerprint density at radius 3 is 2.60 bits per heavy atom. The molecule has 0 aliphatic carbocycles. The predicted molar refractivity (Wildman–Crippen MR) is 58.0 cm³/mol. The SMILES string of the molecule is Fc1ccc(SCc2ccncn2)cc1. The van der Waals surface area contributed by atoms with E-state index in [0.717, 1.165) is 16.3 Å². The first-order chi connectivity index (χ1) is 7.34. The number of thioether (sulfide) groups is 1. The van der Waals surface area contributed by atoms with Crippen LogP contribution in [-0.2, 0) is 5.75 Å². The molecule has 2 aromatic rings. The van der Waals surface area contributed by atoms with E-state index in [9.17, 15) is 4.39 Å². The van der Waals surface area contributed by atoms with Gasteiger partial charge in [0.15, 0.2) is 0 Å². The van der Waals surface area contributed by atoms with Crippen LogP contribution in [0.1, 0.15) is 5.69 Å². The predicted octanol–water partition coefficient (Wildman–Crippen LogP) is 2.91. The zero-order valence-corrected chi connectivity index (χ0v) is 8.75. The Kier molecular flexibility index (Phi) is 3.29. The molecule has 1 aromatic heterocycles. The quantitative estimate of drug-likeness (QED) is 0.744. The molecule has 15 heavy (non-hydrogen) atoms. The molecular weight excluding hydrogens is 211 g/mol. The molecule has 0 amide bonds. The van der Waals surface area contributed by atoms with Crippen molar-refractivity contribution in [1.82, 2.24) is 9.97 Å². The summed E-state index contributed by atoms with van der Waals surface area (Å²) < 4.78 is 12.6. The van der Waals surface area contributed by atoms with Gasteiger partial charge in [0, 0.05) is 16.8 Å². The lowest BCUT2D eigenvalue weighted by Crippen LogP contribution is -1.86. The summed E-state index contributed by atoms with van der Waals surface area (Å²) in [6.07, 6.45) is 3.24. The van der Waals surface area contributed by atoms with Gasteiger partial charge in [0.05, 0.1) is 5.69 Å². The highest BCUT2D eigenvalue weighted by Gasteiger charge is 1.97. The fourth-order valence-corrected chi connectivity index (χ4v) is 1.91. The normalized spacial score (nSPS) is 10.2. The number of halogens is 1. The fraction of sp³-hybridized carbons (Fsp3) is 0.0909. The van der Waals surface area contributed by atoms with E-state index in [4.69, 9.17) is 0 Å². The molecule has 0 unspecified atom stereocenters. The summed E-state index contributed by atoms with van der Waals surface area (Å²) >= 11 is 1.63. The van der Waals surface area contributed by atoms with Gasteiger partial charge in [0.1, 0.15) is 12.1 Å². The van der Waals surface area contributed by atoms with Crippen molar-refractivity contribution in [3.8, 4) is 0 Å². The van der Waals surface area contributed by atoms with Crippen molar-refractivity contribution < 1.29 is 4.39 Å². The van der Waals surface area contributed by atoms with Crippen LogP contribution in [0.5, 0.6) is 0 Å². The molecule has 1 aromatic carbocycles. The van der Waals surface area contributed by atoms with Crippen LogP contribution < -0.4 is 0 Å². The molecule has 4 heteroatoms. The van der Waals surface area contributed by atoms with Crippen molar-refractivity contribution in [3.63, 3.8) is 0 Å². The molecule has 76 valence electrons. The van der Waals surface area contributed by atoms with Gasteiger partial charge in [-0.3, -0.25) is 0 Å². The van der Waals surface area contributed by atoms with E-state index in [1.165, 1.54) is 18.5 Å². The second-order valence-corrected chi connectivity index (χ2v) is 3.99. The van der Waals surface area contributed by atoms with Gasteiger partial charge in [-0.2, -0.15) is 0 Å². The molecule has 0 spiro atoms. The zero-order chi connectivity index (χ0) is 10.5. The molecule has 0 saturated heterocycles. The van der Waals surface area contributed by atoms with Gasteiger partial charge in [0.25, 0.3) is 0 Å². The molecule has 0 fully saturated rings. The van der Waals surface area contributed by atoms with Crippen molar-refractivity contribution >= 4 is 11.8 Å². The van der Waals surface area contributed by atoms with Gasteiger partial charge in [-0.15, -0.1) is 11.8 Å². The minimum absolute atomic E-state index is 0.207. The van der Waals surface area contributed by atoms with Crippen molar-refractivity contribution in [2.45, 2.75) is 10.6 Å². The van der Waals surface area contributed by atoms with Crippen LogP contribution in [0, 0.1) is 5.82 Å². The molecule has 0 radical (unpaired) electrons. The molecule has 2 nitrogen and oxygen atoms in total. The Hall–Kier alpha value is -1.42. The Balaban J connectivity index is 1.96. The van der Waals surface area contributed by atoms with Crippen molar-refractivity contribution in [2.24, 2.45) is 0 Å². The Bertz CT molecular complexity index is 416. The topological polar surface area (TPSA) is 25.8 Å².